The molecule has 0 spiro atoms. The molecular weight excluding hydrogens is 492 g/mol. The predicted molar refractivity (Wildman–Crippen MR) is 149 cm³/mol. The van der Waals surface area contributed by atoms with Gasteiger partial charge in [0.05, 0.1) is 25.2 Å². The summed E-state index contributed by atoms with van der Waals surface area (Å²) in [5.74, 6) is 1.69. The van der Waals surface area contributed by atoms with E-state index in [-0.39, 0.29) is 18.5 Å². The van der Waals surface area contributed by atoms with E-state index in [1.807, 2.05) is 30.3 Å². The third-order valence-electron chi connectivity index (χ3n) is 8.15. The Bertz CT molecular complexity index is 1420. The number of benzene rings is 3. The first-order valence-electron chi connectivity index (χ1n) is 13.7. The summed E-state index contributed by atoms with van der Waals surface area (Å²) in [5, 5.41) is 3.03. The fraction of sp³-hybridized carbons (Fsp3) is 0.375. The van der Waals surface area contributed by atoms with Crippen molar-refractivity contribution in [1.29, 1.82) is 0 Å². The van der Waals surface area contributed by atoms with Crippen molar-refractivity contribution in [1.82, 2.24) is 4.90 Å². The fourth-order valence-corrected chi connectivity index (χ4v) is 5.68. The zero-order valence-corrected chi connectivity index (χ0v) is 22.5. The smallest absolute Gasteiger partial charge is 0.238 e. The first-order valence-corrected chi connectivity index (χ1v) is 13.7. The Hall–Kier alpha value is -3.68. The number of fused-ring (bicyclic) bond motifs is 1. The highest BCUT2D eigenvalue weighted by Crippen LogP contribution is 2.51. The lowest BCUT2D eigenvalue weighted by Gasteiger charge is -2.25. The molecule has 3 aromatic carbocycles. The maximum atomic E-state index is 13.6. The van der Waals surface area contributed by atoms with Crippen molar-refractivity contribution in [3.63, 3.8) is 0 Å². The van der Waals surface area contributed by atoms with Gasteiger partial charge in [0.25, 0.3) is 0 Å². The van der Waals surface area contributed by atoms with Crippen LogP contribution in [0, 0.1) is 13.8 Å². The van der Waals surface area contributed by atoms with Gasteiger partial charge in [0, 0.05) is 25.2 Å². The number of carbonyl (C=O) groups excluding carboxylic acids is 2. The van der Waals surface area contributed by atoms with Crippen LogP contribution >= 0.6 is 0 Å². The van der Waals surface area contributed by atoms with E-state index in [0.29, 0.717) is 26.2 Å². The summed E-state index contributed by atoms with van der Waals surface area (Å²) >= 11 is 0. The number of hydrogen-bond acceptors (Lipinski definition) is 6. The number of anilines is 1. The minimum absolute atomic E-state index is 0.0165. The molecule has 202 valence electrons. The molecule has 0 bridgehead atoms. The maximum absolute atomic E-state index is 13.6. The summed E-state index contributed by atoms with van der Waals surface area (Å²) in [5.41, 5.74) is 6.82. The van der Waals surface area contributed by atoms with Crippen LogP contribution in [0.4, 0.5) is 5.69 Å². The number of Topliss-reactive ketones (excluding diaryl/α,β-unsaturated/α-hetero) is 1. The third kappa shape index (κ3) is 5.29. The zero-order valence-electron chi connectivity index (χ0n) is 22.5. The molecule has 2 aliphatic heterocycles. The van der Waals surface area contributed by atoms with E-state index in [1.165, 1.54) is 0 Å². The van der Waals surface area contributed by atoms with Gasteiger partial charge in [0.2, 0.25) is 12.7 Å². The number of ketones is 1. The largest absolute Gasteiger partial charge is 0.454 e. The van der Waals surface area contributed by atoms with Crippen molar-refractivity contribution in [3.05, 3.63) is 76.9 Å². The van der Waals surface area contributed by atoms with Crippen LogP contribution in [0.2, 0.25) is 0 Å². The molecule has 39 heavy (non-hydrogen) atoms. The molecule has 0 aromatic heterocycles. The highest BCUT2D eigenvalue weighted by atomic mass is 16.7. The van der Waals surface area contributed by atoms with Gasteiger partial charge in [-0.3, -0.25) is 14.5 Å². The van der Waals surface area contributed by atoms with Crippen LogP contribution in [-0.4, -0.2) is 56.2 Å². The summed E-state index contributed by atoms with van der Waals surface area (Å²) in [6.45, 7) is 7.65. The molecule has 0 atom stereocenters. The lowest BCUT2D eigenvalue weighted by atomic mass is 9.86. The number of morpholine rings is 1. The van der Waals surface area contributed by atoms with Gasteiger partial charge in [-0.15, -0.1) is 0 Å². The second-order valence-corrected chi connectivity index (χ2v) is 10.9. The van der Waals surface area contributed by atoms with E-state index in [1.54, 1.807) is 0 Å². The number of aryl methyl sites for hydroxylation is 2. The molecule has 1 saturated heterocycles. The molecule has 3 aliphatic rings. The molecule has 1 aliphatic carbocycles. The molecule has 6 rings (SSSR count). The van der Waals surface area contributed by atoms with Gasteiger partial charge in [-0.05, 0) is 84.3 Å². The van der Waals surface area contributed by atoms with Crippen molar-refractivity contribution in [2.24, 2.45) is 0 Å². The average Bonchev–Trinajstić information content (AvgIpc) is 3.61. The standard InChI is InChI=1S/C32H34N2O5/c1-21-3-4-23(17-30(35)32(9-10-32)24-5-8-28-29(18-24)39-20-38-28)16-27(21)26-7-6-25(15-22(26)2)33-31(36)19-34-11-13-37-14-12-34/h3-8,15-16,18H,9-14,17,19-20H2,1-2H3,(H,33,36). The molecule has 1 N–H and O–H groups in total. The quantitative estimate of drug-likeness (QED) is 0.454. The Morgan fingerprint density at radius 3 is 2.44 bits per heavy atom. The Morgan fingerprint density at radius 1 is 0.872 bits per heavy atom. The van der Waals surface area contributed by atoms with Gasteiger partial charge in [-0.25, -0.2) is 0 Å². The molecule has 1 saturated carbocycles. The number of amides is 1. The van der Waals surface area contributed by atoms with Crippen LogP contribution in [-0.2, 0) is 26.2 Å². The predicted octanol–water partition coefficient (Wildman–Crippen LogP) is 4.81. The summed E-state index contributed by atoms with van der Waals surface area (Å²) in [7, 11) is 0. The van der Waals surface area contributed by atoms with Crippen molar-refractivity contribution in [3.8, 4) is 22.6 Å². The fourth-order valence-electron chi connectivity index (χ4n) is 5.68. The summed E-state index contributed by atoms with van der Waals surface area (Å²) < 4.78 is 16.4. The molecular formula is C32H34N2O5. The second kappa shape index (κ2) is 10.5. The van der Waals surface area contributed by atoms with Crippen LogP contribution in [0.15, 0.2) is 54.6 Å². The number of nitrogens with one attached hydrogen (secondary N) is 1. The van der Waals surface area contributed by atoms with Gasteiger partial charge in [-0.2, -0.15) is 0 Å². The Morgan fingerprint density at radius 2 is 1.67 bits per heavy atom. The number of nitrogens with zero attached hydrogens (tertiary/aromatic N) is 1. The van der Waals surface area contributed by atoms with Gasteiger partial charge >= 0.3 is 0 Å². The third-order valence-corrected chi connectivity index (χ3v) is 8.15. The van der Waals surface area contributed by atoms with E-state index in [4.69, 9.17) is 14.2 Å². The van der Waals surface area contributed by atoms with Gasteiger partial charge in [-0.1, -0.05) is 30.3 Å². The van der Waals surface area contributed by atoms with Crippen LogP contribution in [0.3, 0.4) is 0 Å². The zero-order chi connectivity index (χ0) is 27.0. The monoisotopic (exact) mass is 526 g/mol. The SMILES string of the molecule is Cc1cc(NC(=O)CN2CCOCC2)ccc1-c1cc(CC(=O)C2(c3ccc4c(c3)OCO4)CC2)ccc1C. The maximum Gasteiger partial charge on any atom is 0.238 e. The van der Waals surface area contributed by atoms with E-state index in [0.717, 1.165) is 76.5 Å². The summed E-state index contributed by atoms with van der Waals surface area (Å²) in [6.07, 6.45) is 2.11. The Labute approximate surface area is 229 Å². The minimum Gasteiger partial charge on any atom is -0.454 e. The molecule has 0 radical (unpaired) electrons. The first kappa shape index (κ1) is 25.6. The van der Waals surface area contributed by atoms with Crippen molar-refractivity contribution < 1.29 is 23.8 Å². The van der Waals surface area contributed by atoms with Crippen molar-refractivity contribution in [2.75, 3.05) is 45.0 Å². The van der Waals surface area contributed by atoms with Gasteiger partial charge in [0.15, 0.2) is 11.5 Å². The number of rotatable bonds is 8. The number of carbonyl (C=O) groups is 2. The summed E-state index contributed by atoms with van der Waals surface area (Å²) in [4.78, 5) is 28.2. The highest BCUT2D eigenvalue weighted by Gasteiger charge is 2.50. The number of hydrogen-bond donors (Lipinski definition) is 1. The molecule has 1 amide bonds. The normalized spacial score (nSPS) is 17.6. The van der Waals surface area contributed by atoms with Crippen LogP contribution < -0.4 is 14.8 Å². The van der Waals surface area contributed by atoms with E-state index in [2.05, 4.69) is 48.3 Å². The molecule has 7 heteroatoms. The molecule has 2 fully saturated rings. The highest BCUT2D eigenvalue weighted by molar-refractivity contribution is 5.95. The van der Waals surface area contributed by atoms with Crippen LogP contribution in [0.25, 0.3) is 11.1 Å². The summed E-state index contributed by atoms with van der Waals surface area (Å²) in [6, 6.07) is 18.2. The van der Waals surface area contributed by atoms with Crippen LogP contribution in [0.5, 0.6) is 11.5 Å². The Balaban J connectivity index is 1.16. The molecule has 3 aromatic rings. The van der Waals surface area contributed by atoms with E-state index < -0.39 is 5.41 Å². The van der Waals surface area contributed by atoms with E-state index in [9.17, 15) is 9.59 Å². The average molecular weight is 527 g/mol. The van der Waals surface area contributed by atoms with E-state index >= 15 is 0 Å². The first-order chi connectivity index (χ1) is 18.9. The number of ether oxygens (including phenoxy) is 3. The topological polar surface area (TPSA) is 77.1 Å². The molecule has 0 unspecified atom stereocenters. The van der Waals surface area contributed by atoms with Gasteiger partial charge < -0.3 is 19.5 Å². The van der Waals surface area contributed by atoms with Gasteiger partial charge in [0.1, 0.15) is 5.78 Å². The lowest BCUT2D eigenvalue weighted by Crippen LogP contribution is -2.41. The van der Waals surface area contributed by atoms with Crippen molar-refractivity contribution >= 4 is 17.4 Å². The molecule has 2 heterocycles. The second-order valence-electron chi connectivity index (χ2n) is 10.9. The van der Waals surface area contributed by atoms with Crippen molar-refractivity contribution in [2.45, 2.75) is 38.5 Å². The molecule has 7 nitrogen and oxygen atoms in total. The van der Waals surface area contributed by atoms with Crippen LogP contribution in [0.1, 0.15) is 35.1 Å². The Kier molecular flexibility index (Phi) is 6.87. The minimum atomic E-state index is -0.428. The lowest BCUT2D eigenvalue weighted by molar-refractivity contribution is -0.121.